The van der Waals surface area contributed by atoms with E-state index in [-0.39, 0.29) is 12.1 Å². The van der Waals surface area contributed by atoms with Crippen LogP contribution in [0.15, 0.2) is 18.2 Å². The van der Waals surface area contributed by atoms with Gasteiger partial charge in [0.25, 0.3) is 5.91 Å². The first-order valence-electron chi connectivity index (χ1n) is 5.46. The Kier molecular flexibility index (Phi) is 3.27. The van der Waals surface area contributed by atoms with Gasteiger partial charge in [-0.2, -0.15) is 8.78 Å². The molecule has 1 aliphatic rings. The van der Waals surface area contributed by atoms with Crippen molar-refractivity contribution in [1.29, 1.82) is 0 Å². The minimum absolute atomic E-state index is 0.0973. The maximum atomic E-state index is 12.4. The minimum atomic E-state index is -3.05. The van der Waals surface area contributed by atoms with Gasteiger partial charge in [-0.3, -0.25) is 4.79 Å². The molecule has 0 unspecified atom stereocenters. The van der Waals surface area contributed by atoms with Crippen molar-refractivity contribution in [3.63, 3.8) is 0 Å². The lowest BCUT2D eigenvalue weighted by Gasteiger charge is -2.29. The van der Waals surface area contributed by atoms with Crippen molar-refractivity contribution in [2.45, 2.75) is 19.3 Å². The van der Waals surface area contributed by atoms with E-state index in [1.54, 1.807) is 0 Å². The smallest absolute Gasteiger partial charge is 0.335 e. The number of alkyl halides is 2. The maximum Gasteiger partial charge on any atom is 0.335 e. The summed E-state index contributed by atoms with van der Waals surface area (Å²) in [6.07, 6.45) is -1.91. The molecule has 96 valence electrons. The zero-order chi connectivity index (χ0) is 13.3. The molecule has 0 saturated carbocycles. The van der Waals surface area contributed by atoms with E-state index in [9.17, 15) is 18.4 Å². The first kappa shape index (κ1) is 12.5. The molecule has 2 rings (SSSR count). The Hall–Kier alpha value is -1.98. The number of hydrogen-bond donors (Lipinski definition) is 1. The Morgan fingerprint density at radius 3 is 2.67 bits per heavy atom. The number of carboxylic acid groups (broad SMARTS) is 1. The zero-order valence-corrected chi connectivity index (χ0v) is 9.40. The molecular formula is C12H11F2NO3. The number of carbonyl (C=O) groups excluding carboxylic acids is 1. The van der Waals surface area contributed by atoms with Crippen molar-refractivity contribution in [3.8, 4) is 0 Å². The molecule has 0 aliphatic carbocycles. The van der Waals surface area contributed by atoms with Crippen LogP contribution in [0, 0.1) is 0 Å². The van der Waals surface area contributed by atoms with Gasteiger partial charge in [0.05, 0.1) is 5.56 Å². The molecule has 1 amide bonds. The van der Waals surface area contributed by atoms with Gasteiger partial charge >= 0.3 is 12.4 Å². The number of anilines is 1. The summed E-state index contributed by atoms with van der Waals surface area (Å²) in [5, 5.41) is 8.85. The molecule has 1 N–H and O–H groups in total. The number of aromatic carboxylic acids is 1. The van der Waals surface area contributed by atoms with E-state index in [1.807, 2.05) is 0 Å². The van der Waals surface area contributed by atoms with Crippen LogP contribution in [0.25, 0.3) is 0 Å². The summed E-state index contributed by atoms with van der Waals surface area (Å²) >= 11 is 0. The molecule has 1 heterocycles. The molecule has 0 aromatic heterocycles. The van der Waals surface area contributed by atoms with E-state index >= 15 is 0 Å². The number of aryl methyl sites for hydroxylation is 1. The van der Waals surface area contributed by atoms with Crippen molar-refractivity contribution in [2.24, 2.45) is 0 Å². The topological polar surface area (TPSA) is 57.6 Å². The van der Waals surface area contributed by atoms with Crippen molar-refractivity contribution in [3.05, 3.63) is 29.3 Å². The lowest BCUT2D eigenvalue weighted by Crippen LogP contribution is -2.39. The Morgan fingerprint density at radius 1 is 1.33 bits per heavy atom. The van der Waals surface area contributed by atoms with E-state index in [2.05, 4.69) is 0 Å². The van der Waals surface area contributed by atoms with E-state index in [0.29, 0.717) is 24.1 Å². The Labute approximate surface area is 102 Å². The Morgan fingerprint density at radius 2 is 2.06 bits per heavy atom. The minimum Gasteiger partial charge on any atom is -0.478 e. The molecule has 0 atom stereocenters. The van der Waals surface area contributed by atoms with Crippen LogP contribution in [0.2, 0.25) is 0 Å². The number of fused-ring (bicyclic) bond motifs is 1. The molecule has 1 aliphatic heterocycles. The predicted octanol–water partition coefficient (Wildman–Crippen LogP) is 1.93. The number of benzene rings is 1. The summed E-state index contributed by atoms with van der Waals surface area (Å²) in [6, 6.07) is 4.17. The van der Waals surface area contributed by atoms with E-state index in [0.717, 1.165) is 4.90 Å². The Balaban J connectivity index is 2.39. The third kappa shape index (κ3) is 2.18. The number of hydrogen-bond acceptors (Lipinski definition) is 2. The van der Waals surface area contributed by atoms with Gasteiger partial charge < -0.3 is 10.0 Å². The van der Waals surface area contributed by atoms with E-state index in [1.165, 1.54) is 18.2 Å². The second-order valence-corrected chi connectivity index (χ2v) is 4.04. The fourth-order valence-corrected chi connectivity index (χ4v) is 2.08. The number of halogens is 2. The van der Waals surface area contributed by atoms with Gasteiger partial charge in [-0.15, -0.1) is 0 Å². The lowest BCUT2D eigenvalue weighted by atomic mass is 9.99. The Bertz CT molecular complexity index is 502. The first-order chi connectivity index (χ1) is 8.50. The number of rotatable bonds is 2. The highest BCUT2D eigenvalue weighted by Crippen LogP contribution is 2.29. The first-order valence-corrected chi connectivity index (χ1v) is 5.46. The van der Waals surface area contributed by atoms with Crippen LogP contribution < -0.4 is 4.90 Å². The number of amides is 1. The number of nitrogens with zero attached hydrogens (tertiary/aromatic N) is 1. The summed E-state index contributed by atoms with van der Waals surface area (Å²) in [5.41, 5.74) is 1.10. The van der Waals surface area contributed by atoms with Crippen LogP contribution in [0.1, 0.15) is 22.3 Å². The molecule has 0 fully saturated rings. The van der Waals surface area contributed by atoms with E-state index < -0.39 is 18.3 Å². The molecule has 0 spiro atoms. The van der Waals surface area contributed by atoms with Crippen LogP contribution >= 0.6 is 0 Å². The average molecular weight is 255 g/mol. The van der Waals surface area contributed by atoms with Gasteiger partial charge in [0, 0.05) is 12.2 Å². The third-order valence-corrected chi connectivity index (χ3v) is 2.90. The van der Waals surface area contributed by atoms with Crippen molar-refractivity contribution in [1.82, 2.24) is 0 Å². The van der Waals surface area contributed by atoms with Crippen molar-refractivity contribution >= 4 is 17.6 Å². The van der Waals surface area contributed by atoms with Gasteiger partial charge in [0.15, 0.2) is 0 Å². The van der Waals surface area contributed by atoms with Gasteiger partial charge in [0.1, 0.15) is 0 Å². The fraction of sp³-hybridized carbons (Fsp3) is 0.333. The summed E-state index contributed by atoms with van der Waals surface area (Å²) in [6.45, 7) is 0.239. The molecule has 0 bridgehead atoms. The van der Waals surface area contributed by atoms with E-state index in [4.69, 9.17) is 5.11 Å². The quantitative estimate of drug-likeness (QED) is 0.878. The second-order valence-electron chi connectivity index (χ2n) is 4.04. The second kappa shape index (κ2) is 4.72. The average Bonchev–Trinajstić information content (AvgIpc) is 2.36. The highest BCUT2D eigenvalue weighted by Gasteiger charge is 2.28. The summed E-state index contributed by atoms with van der Waals surface area (Å²) in [4.78, 5) is 23.2. The maximum absolute atomic E-state index is 12.4. The fourth-order valence-electron chi connectivity index (χ4n) is 2.08. The van der Waals surface area contributed by atoms with Crippen molar-refractivity contribution < 1.29 is 23.5 Å². The SMILES string of the molecule is O=C(O)c1ccc2c(c1)CCCN2C(=O)C(F)F. The molecule has 4 nitrogen and oxygen atoms in total. The van der Waals surface area contributed by atoms with Crippen LogP contribution in [0.4, 0.5) is 14.5 Å². The third-order valence-electron chi connectivity index (χ3n) is 2.90. The molecule has 0 radical (unpaired) electrons. The van der Waals surface area contributed by atoms with Crippen LogP contribution in [0.5, 0.6) is 0 Å². The molecule has 1 aromatic carbocycles. The lowest BCUT2D eigenvalue weighted by molar-refractivity contribution is -0.129. The highest BCUT2D eigenvalue weighted by molar-refractivity contribution is 5.97. The molecule has 6 heteroatoms. The van der Waals surface area contributed by atoms with Crippen LogP contribution in [-0.2, 0) is 11.2 Å². The molecule has 0 saturated heterocycles. The van der Waals surface area contributed by atoms with Crippen molar-refractivity contribution in [2.75, 3.05) is 11.4 Å². The monoisotopic (exact) mass is 255 g/mol. The molecule has 18 heavy (non-hydrogen) atoms. The molecular weight excluding hydrogens is 244 g/mol. The molecule has 1 aromatic rings. The summed E-state index contributed by atoms with van der Waals surface area (Å²) < 4.78 is 24.9. The van der Waals surface area contributed by atoms with Gasteiger partial charge in [-0.05, 0) is 36.6 Å². The highest BCUT2D eigenvalue weighted by atomic mass is 19.3. The standard InChI is InChI=1S/C12H11F2NO3/c13-10(14)11(16)15-5-1-2-7-6-8(12(17)18)3-4-9(7)15/h3-4,6,10H,1-2,5H2,(H,17,18). The van der Waals surface area contributed by atoms with Crippen LogP contribution in [-0.4, -0.2) is 30.0 Å². The number of carboxylic acids is 1. The largest absolute Gasteiger partial charge is 0.478 e. The van der Waals surface area contributed by atoms with Gasteiger partial charge in [-0.25, -0.2) is 4.79 Å². The predicted molar refractivity (Wildman–Crippen MR) is 60.1 cm³/mol. The number of carbonyl (C=O) groups is 2. The summed E-state index contributed by atoms with van der Waals surface area (Å²) in [7, 11) is 0. The van der Waals surface area contributed by atoms with Crippen LogP contribution in [0.3, 0.4) is 0 Å². The normalized spacial score (nSPS) is 14.5. The van der Waals surface area contributed by atoms with Gasteiger partial charge in [0.2, 0.25) is 0 Å². The summed E-state index contributed by atoms with van der Waals surface area (Å²) in [5.74, 6) is -2.31. The van der Waals surface area contributed by atoms with Gasteiger partial charge in [-0.1, -0.05) is 0 Å². The zero-order valence-electron chi connectivity index (χ0n) is 9.40.